The summed E-state index contributed by atoms with van der Waals surface area (Å²) in [5, 5.41) is 0. The van der Waals surface area contributed by atoms with Crippen molar-refractivity contribution in [2.45, 2.75) is 45.4 Å². The Morgan fingerprint density at radius 1 is 0.318 bits per heavy atom. The average molecular weight is 1170 g/mol. The first kappa shape index (κ1) is 60.0. The molecule has 0 fully saturated rings. The van der Waals surface area contributed by atoms with E-state index in [0.29, 0.717) is 106 Å². The lowest BCUT2D eigenvalue weighted by atomic mass is 10.0. The van der Waals surface area contributed by atoms with Crippen LogP contribution in [-0.4, -0.2) is 49.2 Å². The number of hydrogen-bond acceptors (Lipinski definition) is 13. The van der Waals surface area contributed by atoms with Gasteiger partial charge in [0.25, 0.3) is 0 Å². The Morgan fingerprint density at radius 3 is 1.11 bits per heavy atom. The topological polar surface area (TPSA) is 167 Å². The fourth-order valence-corrected chi connectivity index (χ4v) is 9.48. The van der Waals surface area contributed by atoms with Crippen LogP contribution in [0, 0.1) is 0 Å². The van der Waals surface area contributed by atoms with Gasteiger partial charge in [0.15, 0.2) is 11.6 Å². The molecule has 0 spiro atoms. The van der Waals surface area contributed by atoms with Crippen LogP contribution in [0.1, 0.15) is 122 Å². The van der Waals surface area contributed by atoms with Gasteiger partial charge in [-0.25, -0.2) is 19.2 Å². The van der Waals surface area contributed by atoms with E-state index in [1.807, 2.05) is 97.1 Å². The number of esters is 4. The molecule has 0 aromatic heterocycles. The van der Waals surface area contributed by atoms with Crippen LogP contribution < -0.4 is 33.2 Å². The van der Waals surface area contributed by atoms with Gasteiger partial charge in [-0.15, -0.1) is 0 Å². The van der Waals surface area contributed by atoms with E-state index in [1.165, 1.54) is 31.2 Å². The second-order valence-corrected chi connectivity index (χ2v) is 20.6. The zero-order valence-electron chi connectivity index (χ0n) is 48.4. The number of methoxy groups -OCH3 is 1. The van der Waals surface area contributed by atoms with Crippen molar-refractivity contribution >= 4 is 35.4 Å². The largest absolute Gasteiger partial charge is 0.497 e. The predicted octanol–water partition coefficient (Wildman–Crippen LogP) is 15.8. The van der Waals surface area contributed by atoms with Crippen molar-refractivity contribution < 1.29 is 61.9 Å². The van der Waals surface area contributed by atoms with Gasteiger partial charge in [-0.05, 0) is 199 Å². The normalized spacial score (nSPS) is 10.8. The molecule has 0 aliphatic heterocycles. The predicted molar refractivity (Wildman–Crippen MR) is 333 cm³/mol. The monoisotopic (exact) mass is 1170 g/mol. The maximum atomic E-state index is 13.5. The number of carbonyl (C=O) groups excluding carboxylic acids is 6. The van der Waals surface area contributed by atoms with E-state index in [1.54, 1.807) is 128 Å². The van der Waals surface area contributed by atoms with E-state index in [2.05, 4.69) is 0 Å². The van der Waals surface area contributed by atoms with Crippen molar-refractivity contribution in [3.8, 4) is 46.0 Å². The maximum Gasteiger partial charge on any atom is 0.343 e. The highest BCUT2D eigenvalue weighted by atomic mass is 16.5. The summed E-state index contributed by atoms with van der Waals surface area (Å²) >= 11 is 0. The first-order valence-electron chi connectivity index (χ1n) is 28.6. The van der Waals surface area contributed by atoms with Crippen LogP contribution in [0.4, 0.5) is 0 Å². The highest BCUT2D eigenvalue weighted by molar-refractivity contribution is 5.98. The molecule has 10 aromatic rings. The summed E-state index contributed by atoms with van der Waals surface area (Å²) in [4.78, 5) is 77.6. The molecule has 0 saturated carbocycles. The Morgan fingerprint density at radius 2 is 0.670 bits per heavy atom. The summed E-state index contributed by atoms with van der Waals surface area (Å²) in [5.41, 5.74) is 7.55. The SMILES string of the molecule is COc1ccc(Cc2ccc(OC(=O)c3ccc(Oc4ccc(C(=O)CCCCOc5ccc(Cc6ccccc6OC(=O)c6ccc(C(=O)Oc7ccccc7Cc7ccccc7OC(=O)c7ccc(C(C)=O)cc7)cc6)cc5)cc4)cc3)cc2)cc1. The second-order valence-electron chi connectivity index (χ2n) is 20.6. The molecule has 10 rings (SSSR count). The van der Waals surface area contributed by atoms with E-state index >= 15 is 0 Å². The van der Waals surface area contributed by atoms with Crippen molar-refractivity contribution in [2.24, 2.45) is 0 Å². The third kappa shape index (κ3) is 16.4. The average Bonchev–Trinajstić information content (AvgIpc) is 3.75. The van der Waals surface area contributed by atoms with Gasteiger partial charge in [-0.2, -0.15) is 0 Å². The lowest BCUT2D eigenvalue weighted by Gasteiger charge is -2.13. The van der Waals surface area contributed by atoms with Crippen LogP contribution in [-0.2, 0) is 19.3 Å². The fraction of sp³-hybridized carbons (Fsp3) is 0.120. The van der Waals surface area contributed by atoms with E-state index in [4.69, 9.17) is 33.2 Å². The number of ketones is 2. The summed E-state index contributed by atoms with van der Waals surface area (Å²) in [7, 11) is 1.64. The Hall–Kier alpha value is -11.2. The molecule has 88 heavy (non-hydrogen) atoms. The van der Waals surface area contributed by atoms with Crippen molar-refractivity contribution in [1.82, 2.24) is 0 Å². The smallest absolute Gasteiger partial charge is 0.343 e. The van der Waals surface area contributed by atoms with E-state index < -0.39 is 23.9 Å². The molecule has 0 N–H and O–H groups in total. The van der Waals surface area contributed by atoms with Gasteiger partial charge in [-0.1, -0.05) is 103 Å². The van der Waals surface area contributed by atoms with Crippen molar-refractivity contribution in [3.63, 3.8) is 0 Å². The van der Waals surface area contributed by atoms with E-state index in [9.17, 15) is 28.8 Å². The van der Waals surface area contributed by atoms with Gasteiger partial charge < -0.3 is 33.2 Å². The van der Waals surface area contributed by atoms with Crippen LogP contribution in [0.15, 0.2) is 243 Å². The Bertz CT molecular complexity index is 4060. The van der Waals surface area contributed by atoms with Crippen LogP contribution in [0.25, 0.3) is 0 Å². The quantitative estimate of drug-likeness (QED) is 0.0230. The maximum absolute atomic E-state index is 13.5. The lowest BCUT2D eigenvalue weighted by Crippen LogP contribution is -2.13. The third-order valence-electron chi connectivity index (χ3n) is 14.4. The van der Waals surface area contributed by atoms with Crippen LogP contribution in [0.2, 0.25) is 0 Å². The number of unbranched alkanes of at least 4 members (excludes halogenated alkanes) is 1. The lowest BCUT2D eigenvalue weighted by molar-refractivity contribution is 0.0719. The van der Waals surface area contributed by atoms with Crippen molar-refractivity contribution in [1.29, 1.82) is 0 Å². The molecule has 0 saturated heterocycles. The molecule has 0 aliphatic rings. The zero-order chi connectivity index (χ0) is 61.2. The summed E-state index contributed by atoms with van der Waals surface area (Å²) in [5.74, 6) is 1.70. The van der Waals surface area contributed by atoms with Gasteiger partial charge in [0.1, 0.15) is 46.0 Å². The number of para-hydroxylation sites is 3. The minimum Gasteiger partial charge on any atom is -0.497 e. The Balaban J connectivity index is 0.633. The molecule has 10 aromatic carbocycles. The van der Waals surface area contributed by atoms with Crippen LogP contribution >= 0.6 is 0 Å². The summed E-state index contributed by atoms with van der Waals surface area (Å²) in [6.45, 7) is 1.89. The van der Waals surface area contributed by atoms with Gasteiger partial charge in [0.2, 0.25) is 0 Å². The molecular formula is C75H60O13. The summed E-state index contributed by atoms with van der Waals surface area (Å²) in [6, 6.07) is 70.4. The highest BCUT2D eigenvalue weighted by Crippen LogP contribution is 2.30. The molecule has 13 nitrogen and oxygen atoms in total. The highest BCUT2D eigenvalue weighted by Gasteiger charge is 2.19. The van der Waals surface area contributed by atoms with Crippen LogP contribution in [0.5, 0.6) is 46.0 Å². The van der Waals surface area contributed by atoms with Crippen LogP contribution in [0.3, 0.4) is 0 Å². The summed E-state index contributed by atoms with van der Waals surface area (Å²) in [6.07, 6.45) is 3.18. The zero-order valence-corrected chi connectivity index (χ0v) is 48.4. The van der Waals surface area contributed by atoms with Gasteiger partial charge in [0.05, 0.1) is 36.0 Å². The number of benzene rings is 10. The van der Waals surface area contributed by atoms with Gasteiger partial charge >= 0.3 is 23.9 Å². The Kier molecular flexibility index (Phi) is 19.8. The number of hydrogen-bond donors (Lipinski definition) is 0. The summed E-state index contributed by atoms with van der Waals surface area (Å²) < 4.78 is 40.4. The molecule has 0 amide bonds. The molecule has 438 valence electrons. The molecule has 0 unspecified atom stereocenters. The molecule has 0 atom stereocenters. The fourth-order valence-electron chi connectivity index (χ4n) is 9.48. The molecular weight excluding hydrogens is 1110 g/mol. The first-order chi connectivity index (χ1) is 42.9. The molecule has 0 radical (unpaired) electrons. The standard InChI is InChI=1S/C75H60O13/c1-50(76)54-24-26-56(27-25-54)73(79)87-70-16-7-4-12-61(70)49-62-13-5-8-17-71(62)88-75(81)58-30-28-57(29-31-58)74(80)86-69-15-6-3-11-60(69)48-53-20-38-64(39-21-53)83-46-10-9-14-68(77)55-32-42-65(43-33-55)84-66-44-34-59(35-45-66)72(78)85-67-40-22-52(23-41-67)47-51-18-36-63(82-2)37-19-51/h3-8,11-13,15-45H,9-10,14,46-49H2,1-2H3. The second kappa shape index (κ2) is 29.1. The number of ether oxygens (including phenoxy) is 7. The third-order valence-corrected chi connectivity index (χ3v) is 14.4. The minimum atomic E-state index is -0.632. The van der Waals surface area contributed by atoms with E-state index in [0.717, 1.165) is 34.4 Å². The minimum absolute atomic E-state index is 0.0169. The number of Topliss-reactive ketones (excluding diaryl/α,β-unsaturated/α-hetero) is 2. The first-order valence-corrected chi connectivity index (χ1v) is 28.6. The number of rotatable bonds is 25. The van der Waals surface area contributed by atoms with Crippen molar-refractivity contribution in [3.05, 3.63) is 309 Å². The number of carbonyl (C=O) groups is 6. The molecule has 0 heterocycles. The molecule has 0 aliphatic carbocycles. The molecule has 13 heteroatoms. The van der Waals surface area contributed by atoms with Gasteiger partial charge in [0, 0.05) is 30.4 Å². The van der Waals surface area contributed by atoms with Gasteiger partial charge in [-0.3, -0.25) is 9.59 Å². The Labute approximate surface area is 509 Å². The van der Waals surface area contributed by atoms with E-state index in [-0.39, 0.29) is 29.1 Å². The molecule has 0 bridgehead atoms. The van der Waals surface area contributed by atoms with Crippen molar-refractivity contribution in [2.75, 3.05) is 13.7 Å².